The van der Waals surface area contributed by atoms with Gasteiger partial charge in [-0.1, -0.05) is 30.3 Å². The molecule has 1 saturated heterocycles. The van der Waals surface area contributed by atoms with Gasteiger partial charge in [0.15, 0.2) is 0 Å². The molecule has 1 atom stereocenters. The molecule has 1 aliphatic heterocycles. The first-order valence-electron chi connectivity index (χ1n) is 11.0. The highest BCUT2D eigenvalue weighted by atomic mass is 16.2. The number of aryl methyl sites for hydroxylation is 1. The van der Waals surface area contributed by atoms with Gasteiger partial charge in [-0.3, -0.25) is 14.5 Å². The Morgan fingerprint density at radius 2 is 1.66 bits per heavy atom. The summed E-state index contributed by atoms with van der Waals surface area (Å²) in [6.07, 6.45) is 8.37. The highest BCUT2D eigenvalue weighted by Crippen LogP contribution is 2.55. The highest BCUT2D eigenvalue weighted by Gasteiger charge is 2.51. The van der Waals surface area contributed by atoms with Crippen molar-refractivity contribution in [3.8, 4) is 0 Å². The van der Waals surface area contributed by atoms with Crippen LogP contribution in [0.15, 0.2) is 30.3 Å². The molecule has 5 aliphatic rings. The zero-order chi connectivity index (χ0) is 20.0. The van der Waals surface area contributed by atoms with Crippen molar-refractivity contribution < 1.29 is 14.4 Å². The van der Waals surface area contributed by atoms with E-state index in [0.29, 0.717) is 12.8 Å². The van der Waals surface area contributed by atoms with E-state index in [1.54, 1.807) is 0 Å². The van der Waals surface area contributed by atoms with Crippen molar-refractivity contribution in [2.45, 2.75) is 62.9 Å². The van der Waals surface area contributed by atoms with Gasteiger partial charge in [-0.2, -0.15) is 0 Å². The average molecular weight is 396 g/mol. The molecule has 4 bridgehead atoms. The number of hydrogen-bond acceptors (Lipinski definition) is 3. The first-order valence-corrected chi connectivity index (χ1v) is 11.0. The molecule has 0 unspecified atom stereocenters. The van der Waals surface area contributed by atoms with Crippen molar-refractivity contribution >= 4 is 17.8 Å². The van der Waals surface area contributed by atoms with Gasteiger partial charge in [0.25, 0.3) is 5.91 Å². The Bertz CT molecular complexity index is 787. The summed E-state index contributed by atoms with van der Waals surface area (Å²) in [5.41, 5.74) is 1.03. The van der Waals surface area contributed by atoms with E-state index < -0.39 is 12.1 Å². The number of nitrogens with one attached hydrogen (secondary N) is 2. The third-order valence-electron chi connectivity index (χ3n) is 7.42. The summed E-state index contributed by atoms with van der Waals surface area (Å²) in [6.45, 7) is -0.172. The fourth-order valence-electron chi connectivity index (χ4n) is 6.62. The summed E-state index contributed by atoms with van der Waals surface area (Å²) in [5, 5.41) is 6.00. The van der Waals surface area contributed by atoms with Gasteiger partial charge in [0.2, 0.25) is 5.91 Å². The number of imide groups is 1. The lowest BCUT2D eigenvalue weighted by Crippen LogP contribution is -2.61. The minimum Gasteiger partial charge on any atom is -0.349 e. The Morgan fingerprint density at radius 1 is 1.03 bits per heavy atom. The summed E-state index contributed by atoms with van der Waals surface area (Å²) < 4.78 is 0. The Hall–Kier alpha value is -2.37. The van der Waals surface area contributed by atoms with Crippen molar-refractivity contribution in [2.75, 3.05) is 6.54 Å². The lowest BCUT2D eigenvalue weighted by molar-refractivity contribution is -0.134. The Balaban J connectivity index is 1.17. The van der Waals surface area contributed by atoms with E-state index in [1.165, 1.54) is 19.3 Å². The van der Waals surface area contributed by atoms with Crippen LogP contribution < -0.4 is 10.6 Å². The van der Waals surface area contributed by atoms with E-state index in [4.69, 9.17) is 0 Å². The topological polar surface area (TPSA) is 78.5 Å². The fraction of sp³-hybridized carbons (Fsp3) is 0.609. The van der Waals surface area contributed by atoms with Crippen LogP contribution in [0.4, 0.5) is 4.79 Å². The van der Waals surface area contributed by atoms with Crippen LogP contribution in [0, 0.1) is 17.8 Å². The van der Waals surface area contributed by atoms with Gasteiger partial charge in [-0.25, -0.2) is 4.79 Å². The van der Waals surface area contributed by atoms with Crippen LogP contribution in [-0.4, -0.2) is 40.9 Å². The molecule has 29 heavy (non-hydrogen) atoms. The molecule has 1 heterocycles. The summed E-state index contributed by atoms with van der Waals surface area (Å²) in [7, 11) is 0. The van der Waals surface area contributed by atoms with Crippen molar-refractivity contribution in [1.82, 2.24) is 15.5 Å². The van der Waals surface area contributed by atoms with Crippen molar-refractivity contribution in [3.63, 3.8) is 0 Å². The smallest absolute Gasteiger partial charge is 0.325 e. The van der Waals surface area contributed by atoms with E-state index in [2.05, 4.69) is 10.6 Å². The minimum atomic E-state index is -0.546. The molecule has 154 valence electrons. The molecule has 5 fully saturated rings. The van der Waals surface area contributed by atoms with Gasteiger partial charge in [-0.05, 0) is 74.7 Å². The lowest BCUT2D eigenvalue weighted by atomic mass is 9.53. The summed E-state index contributed by atoms with van der Waals surface area (Å²) in [5.74, 6) is 1.73. The second-order valence-electron chi connectivity index (χ2n) is 9.70. The number of carbonyl (C=O) groups is 3. The van der Waals surface area contributed by atoms with E-state index >= 15 is 0 Å². The summed E-state index contributed by atoms with van der Waals surface area (Å²) >= 11 is 0. The highest BCUT2D eigenvalue weighted by molar-refractivity contribution is 6.06. The molecule has 1 aromatic carbocycles. The first-order chi connectivity index (χ1) is 14.0. The van der Waals surface area contributed by atoms with Gasteiger partial charge < -0.3 is 10.6 Å². The number of hydrogen-bond donors (Lipinski definition) is 2. The predicted octanol–water partition coefficient (Wildman–Crippen LogP) is 2.62. The van der Waals surface area contributed by atoms with Crippen molar-refractivity contribution in [3.05, 3.63) is 35.9 Å². The normalized spacial score (nSPS) is 35.1. The van der Waals surface area contributed by atoms with Crippen LogP contribution in [-0.2, 0) is 16.0 Å². The second-order valence-corrected chi connectivity index (χ2v) is 9.70. The molecule has 0 spiro atoms. The Kier molecular flexibility index (Phi) is 4.60. The molecular weight excluding hydrogens is 366 g/mol. The number of rotatable bonds is 6. The molecule has 1 aromatic rings. The van der Waals surface area contributed by atoms with Crippen LogP contribution in [0.3, 0.4) is 0 Å². The van der Waals surface area contributed by atoms with Gasteiger partial charge in [0.05, 0.1) is 0 Å². The summed E-state index contributed by atoms with van der Waals surface area (Å²) in [4.78, 5) is 38.9. The van der Waals surface area contributed by atoms with Gasteiger partial charge in [-0.15, -0.1) is 0 Å². The third kappa shape index (κ3) is 3.65. The minimum absolute atomic E-state index is 0.0994. The Labute approximate surface area is 171 Å². The quantitative estimate of drug-likeness (QED) is 0.727. The molecule has 2 N–H and O–H groups in total. The van der Waals surface area contributed by atoms with Crippen molar-refractivity contribution in [1.29, 1.82) is 0 Å². The average Bonchev–Trinajstić information content (AvgIpc) is 2.93. The first kappa shape index (κ1) is 18.6. The maximum Gasteiger partial charge on any atom is 0.325 e. The van der Waals surface area contributed by atoms with Crippen LogP contribution in [0.5, 0.6) is 0 Å². The number of nitrogens with zero attached hydrogens (tertiary/aromatic N) is 1. The molecule has 4 aliphatic carbocycles. The number of benzene rings is 1. The standard InChI is InChI=1S/C23H29N3O3/c27-20(25-23-11-16-8-17(12-23)10-18(9-16)13-23)14-26-21(28)19(24-22(26)29)7-6-15-4-2-1-3-5-15/h1-5,16-19H,6-14H2,(H,24,29)(H,25,27)/t16?,17?,18?,19-,23?/m1/s1. The van der Waals surface area contributed by atoms with E-state index in [-0.39, 0.29) is 23.9 Å². The molecule has 4 saturated carbocycles. The van der Waals surface area contributed by atoms with E-state index in [0.717, 1.165) is 47.5 Å². The van der Waals surface area contributed by atoms with Crippen LogP contribution in [0.2, 0.25) is 0 Å². The zero-order valence-electron chi connectivity index (χ0n) is 16.7. The maximum absolute atomic E-state index is 12.8. The molecule has 6 rings (SSSR count). The number of amides is 4. The predicted molar refractivity (Wildman–Crippen MR) is 108 cm³/mol. The third-order valence-corrected chi connectivity index (χ3v) is 7.42. The van der Waals surface area contributed by atoms with Crippen LogP contribution >= 0.6 is 0 Å². The maximum atomic E-state index is 12.8. The van der Waals surface area contributed by atoms with Crippen LogP contribution in [0.25, 0.3) is 0 Å². The van der Waals surface area contributed by atoms with Crippen LogP contribution in [0.1, 0.15) is 50.5 Å². The van der Waals surface area contributed by atoms with Gasteiger partial charge in [0.1, 0.15) is 12.6 Å². The zero-order valence-corrected chi connectivity index (χ0v) is 16.7. The number of carbonyl (C=O) groups excluding carboxylic acids is 3. The van der Waals surface area contributed by atoms with E-state index in [9.17, 15) is 14.4 Å². The second kappa shape index (κ2) is 7.15. The summed E-state index contributed by atoms with van der Waals surface area (Å²) in [6, 6.07) is 8.91. The largest absolute Gasteiger partial charge is 0.349 e. The van der Waals surface area contributed by atoms with E-state index in [1.807, 2.05) is 30.3 Å². The monoisotopic (exact) mass is 395 g/mol. The fourth-order valence-corrected chi connectivity index (χ4v) is 6.62. The lowest BCUT2D eigenvalue weighted by Gasteiger charge is -2.56. The SMILES string of the molecule is O=C(CN1C(=O)N[C@H](CCc2ccccc2)C1=O)NC12CC3CC(CC(C3)C1)C2. The van der Waals surface area contributed by atoms with Gasteiger partial charge in [0, 0.05) is 5.54 Å². The number of urea groups is 1. The molecular formula is C23H29N3O3. The molecule has 6 nitrogen and oxygen atoms in total. The Morgan fingerprint density at radius 3 is 2.28 bits per heavy atom. The molecule has 4 amide bonds. The van der Waals surface area contributed by atoms with Gasteiger partial charge >= 0.3 is 6.03 Å². The molecule has 0 radical (unpaired) electrons. The van der Waals surface area contributed by atoms with Crippen molar-refractivity contribution in [2.24, 2.45) is 17.8 Å². The molecule has 0 aromatic heterocycles. The molecule has 6 heteroatoms.